The van der Waals surface area contributed by atoms with Gasteiger partial charge < -0.3 is 9.85 Å². The minimum Gasteiger partial charge on any atom is -0.633 e. The van der Waals surface area contributed by atoms with E-state index < -0.39 is 0 Å². The van der Waals surface area contributed by atoms with Gasteiger partial charge in [-0.15, -0.1) is 0 Å². The van der Waals surface area contributed by atoms with Crippen LogP contribution in [0.3, 0.4) is 0 Å². The summed E-state index contributed by atoms with van der Waals surface area (Å²) in [4.78, 5) is 0. The summed E-state index contributed by atoms with van der Waals surface area (Å²) in [6, 6.07) is 0. The molecule has 0 aliphatic carbocycles. The number of rotatable bonds is 0. The topological polar surface area (TPSA) is 23.1 Å². The molecule has 0 radical (unpaired) electrons. The largest absolute Gasteiger partial charge is 0.633 e. The summed E-state index contributed by atoms with van der Waals surface area (Å²) in [5.74, 6) is 1.50. The summed E-state index contributed by atoms with van der Waals surface area (Å²) in [7, 11) is 0. The number of hydrogen-bond acceptors (Lipinski definition) is 1. The van der Waals surface area contributed by atoms with E-state index in [9.17, 15) is 5.21 Å². The van der Waals surface area contributed by atoms with Crippen molar-refractivity contribution in [2.45, 2.75) is 33.6 Å². The molecule has 0 saturated carbocycles. The second kappa shape index (κ2) is 2.71. The maximum absolute atomic E-state index is 12.1. The molecule has 3 aliphatic heterocycles. The molecule has 0 aromatic heterocycles. The minimum absolute atomic E-state index is 0.110. The molecule has 3 heterocycles. The van der Waals surface area contributed by atoms with Gasteiger partial charge in [0.1, 0.15) is 0 Å². The van der Waals surface area contributed by atoms with Gasteiger partial charge in [0.2, 0.25) is 0 Å². The lowest BCUT2D eigenvalue weighted by Gasteiger charge is -2.58. The number of quaternary nitrogens is 1. The summed E-state index contributed by atoms with van der Waals surface area (Å²) in [6.07, 6.45) is 2.34. The van der Waals surface area contributed by atoms with Crippen LogP contribution < -0.4 is 0 Å². The van der Waals surface area contributed by atoms with Gasteiger partial charge in [-0.3, -0.25) is 0 Å². The molecule has 3 saturated heterocycles. The normalized spacial score (nSPS) is 45.2. The first-order chi connectivity index (χ1) is 5.91. The van der Waals surface area contributed by atoms with Gasteiger partial charge in [-0.25, -0.2) is 0 Å². The average Bonchev–Trinajstić information content (AvgIpc) is 2.03. The summed E-state index contributed by atoms with van der Waals surface area (Å²) >= 11 is 0. The van der Waals surface area contributed by atoms with Crippen molar-refractivity contribution >= 4 is 0 Å². The highest BCUT2D eigenvalue weighted by Gasteiger charge is 2.45. The second-order valence-corrected chi connectivity index (χ2v) is 6.00. The van der Waals surface area contributed by atoms with Crippen LogP contribution in [0.5, 0.6) is 0 Å². The molecule has 13 heavy (non-hydrogen) atoms. The van der Waals surface area contributed by atoms with Gasteiger partial charge >= 0.3 is 0 Å². The molecule has 2 heteroatoms. The van der Waals surface area contributed by atoms with Crippen LogP contribution in [0.4, 0.5) is 0 Å². The summed E-state index contributed by atoms with van der Waals surface area (Å²) in [5.41, 5.74) is 0.333. The highest BCUT2D eigenvalue weighted by molar-refractivity contribution is 4.87. The number of hydrogen-bond donors (Lipinski definition) is 0. The molecule has 1 unspecified atom stereocenters. The van der Waals surface area contributed by atoms with Crippen molar-refractivity contribution in [1.82, 2.24) is 0 Å². The third-order valence-electron chi connectivity index (χ3n) is 4.03. The van der Waals surface area contributed by atoms with E-state index in [0.29, 0.717) is 11.3 Å². The van der Waals surface area contributed by atoms with Crippen molar-refractivity contribution < 1.29 is 4.65 Å². The Balaban J connectivity index is 2.16. The van der Waals surface area contributed by atoms with Crippen molar-refractivity contribution in [3.05, 3.63) is 5.21 Å². The second-order valence-electron chi connectivity index (χ2n) is 6.00. The number of hydroxylamine groups is 3. The van der Waals surface area contributed by atoms with Crippen LogP contribution in [0.2, 0.25) is 0 Å². The third-order valence-corrected chi connectivity index (χ3v) is 4.03. The molecule has 0 spiro atoms. The van der Waals surface area contributed by atoms with E-state index in [-0.39, 0.29) is 4.65 Å². The van der Waals surface area contributed by atoms with E-state index in [4.69, 9.17) is 0 Å². The van der Waals surface area contributed by atoms with Gasteiger partial charge in [-0.05, 0) is 11.3 Å². The van der Waals surface area contributed by atoms with E-state index in [1.165, 1.54) is 12.8 Å². The lowest BCUT2D eigenvalue weighted by Crippen LogP contribution is -2.60. The van der Waals surface area contributed by atoms with Crippen LogP contribution in [0.1, 0.15) is 33.6 Å². The zero-order valence-electron chi connectivity index (χ0n) is 9.05. The van der Waals surface area contributed by atoms with Crippen LogP contribution in [0, 0.1) is 22.5 Å². The van der Waals surface area contributed by atoms with Crippen molar-refractivity contribution in [2.75, 3.05) is 19.6 Å². The molecule has 3 fully saturated rings. The summed E-state index contributed by atoms with van der Waals surface area (Å²) < 4.78 is 0.110. The molecule has 0 N–H and O–H groups in total. The Morgan fingerprint density at radius 2 is 1.69 bits per heavy atom. The first-order valence-electron chi connectivity index (χ1n) is 5.48. The molecule has 76 valence electrons. The molecule has 0 amide bonds. The molecule has 1 atom stereocenters. The molecule has 2 bridgehead atoms. The van der Waals surface area contributed by atoms with Crippen molar-refractivity contribution in [3.8, 4) is 0 Å². The Kier molecular flexibility index (Phi) is 1.97. The lowest BCUT2D eigenvalue weighted by molar-refractivity contribution is -0.902. The zero-order valence-corrected chi connectivity index (χ0v) is 9.05. The van der Waals surface area contributed by atoms with Gasteiger partial charge in [0.25, 0.3) is 0 Å². The maximum atomic E-state index is 12.1. The Morgan fingerprint density at radius 3 is 2.00 bits per heavy atom. The van der Waals surface area contributed by atoms with Gasteiger partial charge in [0, 0.05) is 18.8 Å². The molecule has 2 nitrogen and oxygen atoms in total. The minimum atomic E-state index is 0.110. The predicted octanol–water partition coefficient (Wildman–Crippen LogP) is 2.39. The van der Waals surface area contributed by atoms with E-state index in [0.717, 1.165) is 25.6 Å². The van der Waals surface area contributed by atoms with Gasteiger partial charge in [-0.2, -0.15) is 0 Å². The highest BCUT2D eigenvalue weighted by Crippen LogP contribution is 2.45. The van der Waals surface area contributed by atoms with Gasteiger partial charge in [0.05, 0.1) is 19.6 Å². The van der Waals surface area contributed by atoms with E-state index >= 15 is 0 Å². The van der Waals surface area contributed by atoms with Crippen LogP contribution in [0.25, 0.3) is 0 Å². The number of nitrogens with zero attached hydrogens (tertiary/aromatic N) is 1. The summed E-state index contributed by atoms with van der Waals surface area (Å²) in [5, 5.41) is 12.1. The van der Waals surface area contributed by atoms with E-state index in [2.05, 4.69) is 20.8 Å². The highest BCUT2D eigenvalue weighted by atomic mass is 16.5. The van der Waals surface area contributed by atoms with Crippen molar-refractivity contribution in [1.29, 1.82) is 0 Å². The molecule has 3 aliphatic rings. The number of fused-ring (bicyclic) bond motifs is 3. The first-order valence-corrected chi connectivity index (χ1v) is 5.48. The Labute approximate surface area is 81.1 Å². The predicted molar refractivity (Wildman–Crippen MR) is 53.9 cm³/mol. The van der Waals surface area contributed by atoms with Crippen molar-refractivity contribution in [2.24, 2.45) is 17.3 Å². The van der Waals surface area contributed by atoms with Gasteiger partial charge in [-0.1, -0.05) is 20.8 Å². The SMILES string of the molecule is CC(C)(C)C1C[N+]2([O-])CCC1CC2. The fraction of sp³-hybridized carbons (Fsp3) is 1.00. The standard InChI is InChI=1S/C11H21NO/c1-11(2,3)10-8-12(13)6-4-9(10)5-7-12/h9-10H,4-8H2,1-3H3. The first kappa shape index (κ1) is 9.47. The summed E-state index contributed by atoms with van der Waals surface area (Å²) in [6.45, 7) is 9.51. The molecular formula is C11H21NO. The fourth-order valence-corrected chi connectivity index (χ4v) is 3.13. The van der Waals surface area contributed by atoms with Gasteiger partial charge in [0.15, 0.2) is 0 Å². The molecule has 0 aromatic rings. The molecular weight excluding hydrogens is 162 g/mol. The molecule has 0 aromatic carbocycles. The maximum Gasteiger partial charge on any atom is 0.0820 e. The monoisotopic (exact) mass is 183 g/mol. The zero-order chi connectivity index (χ0) is 9.69. The Bertz CT molecular complexity index is 199. The van der Waals surface area contributed by atoms with E-state index in [1.54, 1.807) is 0 Å². The van der Waals surface area contributed by atoms with E-state index in [1.807, 2.05) is 0 Å². The van der Waals surface area contributed by atoms with Crippen LogP contribution >= 0.6 is 0 Å². The number of piperidine rings is 3. The Hall–Kier alpha value is -0.0800. The Morgan fingerprint density at radius 1 is 1.15 bits per heavy atom. The lowest BCUT2D eigenvalue weighted by atomic mass is 9.66. The smallest absolute Gasteiger partial charge is 0.0820 e. The van der Waals surface area contributed by atoms with Crippen LogP contribution in [-0.2, 0) is 0 Å². The van der Waals surface area contributed by atoms with Crippen molar-refractivity contribution in [3.63, 3.8) is 0 Å². The van der Waals surface area contributed by atoms with Crippen LogP contribution in [-0.4, -0.2) is 24.3 Å². The van der Waals surface area contributed by atoms with Crippen LogP contribution in [0.15, 0.2) is 0 Å². The third kappa shape index (κ3) is 1.62. The molecule has 3 rings (SSSR count). The fourth-order valence-electron chi connectivity index (χ4n) is 3.13. The average molecular weight is 183 g/mol. The quantitative estimate of drug-likeness (QED) is 0.418.